The van der Waals surface area contributed by atoms with Gasteiger partial charge in [-0.2, -0.15) is 0 Å². The van der Waals surface area contributed by atoms with Crippen LogP contribution in [-0.4, -0.2) is 23.8 Å². The molecule has 29 heavy (non-hydrogen) atoms. The van der Waals surface area contributed by atoms with Crippen molar-refractivity contribution < 1.29 is 19.1 Å². The Morgan fingerprint density at radius 1 is 0.793 bits per heavy atom. The topological polar surface area (TPSA) is 72.5 Å². The van der Waals surface area contributed by atoms with E-state index in [2.05, 4.69) is 5.32 Å². The van der Waals surface area contributed by atoms with E-state index in [-0.39, 0.29) is 17.3 Å². The smallest absolute Gasteiger partial charge is 0.340 e. The van der Waals surface area contributed by atoms with Crippen molar-refractivity contribution in [2.45, 2.75) is 19.4 Å². The number of ketones is 1. The van der Waals surface area contributed by atoms with E-state index in [4.69, 9.17) is 4.74 Å². The van der Waals surface area contributed by atoms with Crippen molar-refractivity contribution in [2.24, 2.45) is 0 Å². The first-order valence-corrected chi connectivity index (χ1v) is 9.35. The lowest BCUT2D eigenvalue weighted by atomic mass is 10.0. The fourth-order valence-corrected chi connectivity index (χ4v) is 2.86. The molecule has 3 rings (SSSR count). The summed E-state index contributed by atoms with van der Waals surface area (Å²) in [6.07, 6.45) is -0.555. The van der Waals surface area contributed by atoms with Crippen LogP contribution < -0.4 is 5.32 Å². The van der Waals surface area contributed by atoms with Gasteiger partial charge in [-0.05, 0) is 30.7 Å². The van der Waals surface area contributed by atoms with Gasteiger partial charge in [-0.3, -0.25) is 9.59 Å². The summed E-state index contributed by atoms with van der Waals surface area (Å²) in [4.78, 5) is 37.8. The molecule has 0 spiro atoms. The highest BCUT2D eigenvalue weighted by atomic mass is 16.5. The van der Waals surface area contributed by atoms with Crippen LogP contribution in [0.3, 0.4) is 0 Å². The third kappa shape index (κ3) is 4.96. The molecule has 0 fully saturated rings. The quantitative estimate of drug-likeness (QED) is 0.469. The average Bonchev–Trinajstić information content (AvgIpc) is 2.78. The SMILES string of the molecule is CC[C@@H](OC(=O)c1ccccc1NC(=O)c1ccccc1)C(=O)c1ccccc1. The van der Waals surface area contributed by atoms with E-state index in [1.807, 2.05) is 12.1 Å². The molecule has 0 saturated heterocycles. The number of hydrogen-bond donors (Lipinski definition) is 1. The molecule has 3 aromatic rings. The normalized spacial score (nSPS) is 11.3. The zero-order valence-corrected chi connectivity index (χ0v) is 16.0. The monoisotopic (exact) mass is 387 g/mol. The lowest BCUT2D eigenvalue weighted by Gasteiger charge is -2.17. The van der Waals surface area contributed by atoms with Crippen LogP contribution in [0.25, 0.3) is 0 Å². The van der Waals surface area contributed by atoms with Crippen molar-refractivity contribution in [2.75, 3.05) is 5.32 Å². The Bertz CT molecular complexity index is 1000. The highest BCUT2D eigenvalue weighted by Gasteiger charge is 2.24. The van der Waals surface area contributed by atoms with Gasteiger partial charge in [0.05, 0.1) is 11.3 Å². The molecule has 5 nitrogen and oxygen atoms in total. The Morgan fingerprint density at radius 3 is 1.97 bits per heavy atom. The molecule has 1 atom stereocenters. The van der Waals surface area contributed by atoms with Gasteiger partial charge in [0, 0.05) is 11.1 Å². The molecule has 0 radical (unpaired) electrons. The molecule has 3 aromatic carbocycles. The number of esters is 1. The molecular formula is C24H21NO4. The zero-order valence-electron chi connectivity index (χ0n) is 16.0. The van der Waals surface area contributed by atoms with Crippen LogP contribution in [0.15, 0.2) is 84.9 Å². The number of Topliss-reactive ketones (excluding diaryl/α,β-unsaturated/α-hetero) is 1. The minimum Gasteiger partial charge on any atom is -0.450 e. The van der Waals surface area contributed by atoms with E-state index < -0.39 is 12.1 Å². The largest absolute Gasteiger partial charge is 0.450 e. The Balaban J connectivity index is 1.77. The first-order valence-electron chi connectivity index (χ1n) is 9.35. The van der Waals surface area contributed by atoms with E-state index in [0.29, 0.717) is 23.2 Å². The van der Waals surface area contributed by atoms with Gasteiger partial charge in [0.15, 0.2) is 6.10 Å². The number of amides is 1. The maximum atomic E-state index is 12.8. The molecule has 1 amide bonds. The van der Waals surface area contributed by atoms with E-state index in [1.165, 1.54) is 0 Å². The Kier molecular flexibility index (Phi) is 6.53. The number of benzene rings is 3. The summed E-state index contributed by atoms with van der Waals surface area (Å²) in [6.45, 7) is 1.78. The van der Waals surface area contributed by atoms with Crippen LogP contribution in [-0.2, 0) is 4.74 Å². The number of carbonyl (C=O) groups is 3. The highest BCUT2D eigenvalue weighted by molar-refractivity contribution is 6.08. The standard InChI is InChI=1S/C24H21NO4/c1-2-21(22(26)17-11-5-3-6-12-17)29-24(28)19-15-9-10-16-20(19)25-23(27)18-13-7-4-8-14-18/h3-16,21H,2H2,1H3,(H,25,27)/t21-/m1/s1. The number of anilines is 1. The van der Waals surface area contributed by atoms with Gasteiger partial charge in [-0.15, -0.1) is 0 Å². The summed E-state index contributed by atoms with van der Waals surface area (Å²) in [5, 5.41) is 2.74. The van der Waals surface area contributed by atoms with Crippen molar-refractivity contribution in [3.05, 3.63) is 102 Å². The summed E-state index contributed by atoms with van der Waals surface area (Å²) in [6, 6.07) is 24.0. The summed E-state index contributed by atoms with van der Waals surface area (Å²) in [5.74, 6) is -1.25. The highest BCUT2D eigenvalue weighted by Crippen LogP contribution is 2.20. The van der Waals surface area contributed by atoms with Gasteiger partial charge < -0.3 is 10.1 Å². The number of rotatable bonds is 7. The number of hydrogen-bond acceptors (Lipinski definition) is 4. The van der Waals surface area contributed by atoms with Crippen LogP contribution in [0, 0.1) is 0 Å². The molecule has 0 aliphatic rings. The van der Waals surface area contributed by atoms with Crippen molar-refractivity contribution in [3.63, 3.8) is 0 Å². The first kappa shape index (κ1) is 20.0. The third-order valence-electron chi connectivity index (χ3n) is 4.40. The van der Waals surface area contributed by atoms with Gasteiger partial charge in [-0.25, -0.2) is 4.79 Å². The van der Waals surface area contributed by atoms with E-state index in [9.17, 15) is 14.4 Å². The second-order valence-corrected chi connectivity index (χ2v) is 6.40. The second kappa shape index (κ2) is 9.46. The summed E-state index contributed by atoms with van der Waals surface area (Å²) in [7, 11) is 0. The minimum absolute atomic E-state index is 0.191. The van der Waals surface area contributed by atoms with Gasteiger partial charge >= 0.3 is 5.97 Å². The van der Waals surface area contributed by atoms with Gasteiger partial charge in [-0.1, -0.05) is 67.6 Å². The minimum atomic E-state index is -0.900. The average molecular weight is 387 g/mol. The predicted octanol–water partition coefficient (Wildman–Crippen LogP) is 4.76. The molecule has 0 unspecified atom stereocenters. The van der Waals surface area contributed by atoms with E-state index in [1.54, 1.807) is 79.7 Å². The molecule has 0 aromatic heterocycles. The molecule has 0 aliphatic heterocycles. The summed E-state index contributed by atoms with van der Waals surface area (Å²) < 4.78 is 5.49. The fraction of sp³-hybridized carbons (Fsp3) is 0.125. The van der Waals surface area contributed by atoms with Crippen molar-refractivity contribution >= 4 is 23.3 Å². The predicted molar refractivity (Wildman–Crippen MR) is 111 cm³/mol. The third-order valence-corrected chi connectivity index (χ3v) is 4.40. The van der Waals surface area contributed by atoms with Crippen LogP contribution in [0.5, 0.6) is 0 Å². The van der Waals surface area contributed by atoms with E-state index >= 15 is 0 Å². The van der Waals surface area contributed by atoms with Crippen molar-refractivity contribution in [3.8, 4) is 0 Å². The second-order valence-electron chi connectivity index (χ2n) is 6.40. The number of nitrogens with one attached hydrogen (secondary N) is 1. The molecule has 1 N–H and O–H groups in total. The molecule has 0 heterocycles. The van der Waals surface area contributed by atoms with Gasteiger partial charge in [0.1, 0.15) is 0 Å². The van der Waals surface area contributed by atoms with Crippen LogP contribution in [0.4, 0.5) is 5.69 Å². The molecule has 0 saturated carbocycles. The van der Waals surface area contributed by atoms with Crippen LogP contribution >= 0.6 is 0 Å². The first-order chi connectivity index (χ1) is 14.1. The van der Waals surface area contributed by atoms with Gasteiger partial charge in [0.25, 0.3) is 5.91 Å². The molecule has 0 bridgehead atoms. The summed E-state index contributed by atoms with van der Waals surface area (Å²) >= 11 is 0. The Morgan fingerprint density at radius 2 is 1.34 bits per heavy atom. The fourth-order valence-electron chi connectivity index (χ4n) is 2.86. The lowest BCUT2D eigenvalue weighted by molar-refractivity contribution is 0.0278. The molecule has 5 heteroatoms. The Labute approximate surface area is 169 Å². The van der Waals surface area contributed by atoms with Crippen molar-refractivity contribution in [1.29, 1.82) is 0 Å². The lowest BCUT2D eigenvalue weighted by Crippen LogP contribution is -2.27. The summed E-state index contributed by atoms with van der Waals surface area (Å²) in [5.41, 5.74) is 1.48. The number of ether oxygens (including phenoxy) is 1. The molecular weight excluding hydrogens is 366 g/mol. The molecule has 146 valence electrons. The van der Waals surface area contributed by atoms with Crippen molar-refractivity contribution in [1.82, 2.24) is 0 Å². The zero-order chi connectivity index (χ0) is 20.6. The van der Waals surface area contributed by atoms with Crippen LogP contribution in [0.2, 0.25) is 0 Å². The van der Waals surface area contributed by atoms with E-state index in [0.717, 1.165) is 0 Å². The number of para-hydroxylation sites is 1. The maximum Gasteiger partial charge on any atom is 0.340 e. The van der Waals surface area contributed by atoms with Crippen LogP contribution in [0.1, 0.15) is 44.4 Å². The number of carbonyl (C=O) groups excluding carboxylic acids is 3. The molecule has 0 aliphatic carbocycles. The maximum absolute atomic E-state index is 12.8. The van der Waals surface area contributed by atoms with Gasteiger partial charge in [0.2, 0.25) is 5.78 Å². The Hall–Kier alpha value is -3.73.